The summed E-state index contributed by atoms with van der Waals surface area (Å²) in [7, 11) is 1.61. The van der Waals surface area contributed by atoms with Crippen LogP contribution < -0.4 is 10.1 Å². The van der Waals surface area contributed by atoms with Crippen LogP contribution in [0.15, 0.2) is 60.7 Å². The number of aromatic nitrogens is 2. The third kappa shape index (κ3) is 5.02. The van der Waals surface area contributed by atoms with Gasteiger partial charge in [0, 0.05) is 29.7 Å². The lowest BCUT2D eigenvalue weighted by Gasteiger charge is -2.18. The topological polar surface area (TPSA) is 90.5 Å². The van der Waals surface area contributed by atoms with Crippen LogP contribution in [0.2, 0.25) is 0 Å². The summed E-state index contributed by atoms with van der Waals surface area (Å²) in [6.45, 7) is 7.92. The molecular formula is C31H34N4O3. The van der Waals surface area contributed by atoms with Crippen LogP contribution in [-0.2, 0) is 6.42 Å². The average molecular weight is 511 g/mol. The fourth-order valence-electron chi connectivity index (χ4n) is 5.15. The van der Waals surface area contributed by atoms with E-state index in [1.165, 1.54) is 0 Å². The van der Waals surface area contributed by atoms with Crippen molar-refractivity contribution in [1.82, 2.24) is 20.4 Å². The van der Waals surface area contributed by atoms with Crippen molar-refractivity contribution in [3.63, 3.8) is 0 Å². The van der Waals surface area contributed by atoms with Gasteiger partial charge in [0.2, 0.25) is 0 Å². The van der Waals surface area contributed by atoms with Gasteiger partial charge in [-0.2, -0.15) is 5.10 Å². The highest BCUT2D eigenvalue weighted by Crippen LogP contribution is 2.42. The first-order chi connectivity index (χ1) is 18.5. The van der Waals surface area contributed by atoms with Crippen LogP contribution in [0.1, 0.15) is 41.8 Å². The van der Waals surface area contributed by atoms with Gasteiger partial charge in [-0.3, -0.25) is 9.89 Å². The first-order valence-corrected chi connectivity index (χ1v) is 13.2. The van der Waals surface area contributed by atoms with Crippen LogP contribution in [-0.4, -0.2) is 59.4 Å². The molecule has 4 aromatic rings. The Labute approximate surface area is 223 Å². The summed E-state index contributed by atoms with van der Waals surface area (Å²) < 4.78 is 5.61. The van der Waals surface area contributed by atoms with Crippen LogP contribution in [0.4, 0.5) is 0 Å². The molecule has 7 heteroatoms. The summed E-state index contributed by atoms with van der Waals surface area (Å²) >= 11 is 0. The molecule has 0 spiro atoms. The summed E-state index contributed by atoms with van der Waals surface area (Å²) in [5.74, 6) is 0.717. The van der Waals surface area contributed by atoms with E-state index < -0.39 is 0 Å². The van der Waals surface area contributed by atoms with Gasteiger partial charge in [0.05, 0.1) is 24.1 Å². The molecule has 0 aliphatic heterocycles. The third-order valence-electron chi connectivity index (χ3n) is 7.36. The number of ether oxygens (including phenoxy) is 1. The Morgan fingerprint density at radius 3 is 2.34 bits per heavy atom. The zero-order valence-electron chi connectivity index (χ0n) is 22.2. The lowest BCUT2D eigenvalue weighted by Crippen LogP contribution is -2.30. The Kier molecular flexibility index (Phi) is 7.47. The minimum atomic E-state index is -0.123. The monoisotopic (exact) mass is 510 g/mol. The molecular weight excluding hydrogens is 476 g/mol. The highest BCUT2D eigenvalue weighted by atomic mass is 16.5. The van der Waals surface area contributed by atoms with E-state index in [9.17, 15) is 9.90 Å². The molecule has 0 radical (unpaired) electrons. The second kappa shape index (κ2) is 11.1. The number of aromatic amines is 1. The minimum absolute atomic E-state index is 0.123. The third-order valence-corrected chi connectivity index (χ3v) is 7.36. The van der Waals surface area contributed by atoms with Crippen molar-refractivity contribution >= 4 is 5.91 Å². The number of rotatable bonds is 10. The molecule has 1 aliphatic carbocycles. The van der Waals surface area contributed by atoms with E-state index in [2.05, 4.69) is 58.5 Å². The molecule has 1 aliphatic rings. The van der Waals surface area contributed by atoms with Gasteiger partial charge >= 0.3 is 0 Å². The number of methoxy groups -OCH3 is 1. The smallest absolute Gasteiger partial charge is 0.255 e. The fourth-order valence-corrected chi connectivity index (χ4v) is 5.15. The number of hydrogen-bond acceptors (Lipinski definition) is 5. The Morgan fingerprint density at radius 2 is 1.68 bits per heavy atom. The van der Waals surface area contributed by atoms with E-state index in [4.69, 9.17) is 4.74 Å². The van der Waals surface area contributed by atoms with Crippen LogP contribution in [0, 0.1) is 0 Å². The van der Waals surface area contributed by atoms with Crippen molar-refractivity contribution in [3.05, 3.63) is 77.4 Å². The van der Waals surface area contributed by atoms with Crippen molar-refractivity contribution in [2.24, 2.45) is 0 Å². The SMILES string of the molecule is CCN(CC)CCCNC(=O)c1cc2c(cc1OC)Cc1c(-c3ccc(-c4ccc(O)cc4)cc3)n[nH]c1-2. The summed E-state index contributed by atoms with van der Waals surface area (Å²) in [6, 6.07) is 19.4. The van der Waals surface area contributed by atoms with Gasteiger partial charge in [-0.25, -0.2) is 0 Å². The van der Waals surface area contributed by atoms with Crippen LogP contribution >= 0.6 is 0 Å². The highest BCUT2D eigenvalue weighted by molar-refractivity contribution is 5.99. The van der Waals surface area contributed by atoms with E-state index in [0.717, 1.165) is 77.2 Å². The molecule has 1 amide bonds. The summed E-state index contributed by atoms with van der Waals surface area (Å²) in [5, 5.41) is 20.5. The molecule has 3 aromatic carbocycles. The number of nitrogens with one attached hydrogen (secondary N) is 2. The number of fused-ring (bicyclic) bond motifs is 3. The molecule has 1 aromatic heterocycles. The van der Waals surface area contributed by atoms with E-state index in [1.807, 2.05) is 24.3 Å². The van der Waals surface area contributed by atoms with E-state index >= 15 is 0 Å². The molecule has 0 saturated carbocycles. The van der Waals surface area contributed by atoms with Crippen molar-refractivity contribution in [1.29, 1.82) is 0 Å². The lowest BCUT2D eigenvalue weighted by molar-refractivity contribution is 0.0949. The number of nitrogens with zero attached hydrogens (tertiary/aromatic N) is 2. The number of phenols is 1. The number of carbonyl (C=O) groups is 1. The number of hydrogen-bond donors (Lipinski definition) is 3. The number of amides is 1. The predicted molar refractivity (Wildman–Crippen MR) is 151 cm³/mol. The average Bonchev–Trinajstić information content (AvgIpc) is 3.52. The molecule has 1 heterocycles. The van der Waals surface area contributed by atoms with Gasteiger partial charge in [-0.15, -0.1) is 0 Å². The summed E-state index contributed by atoms with van der Waals surface area (Å²) in [5.41, 5.74) is 8.77. The Hall–Kier alpha value is -4.10. The Bertz CT molecular complexity index is 1420. The Balaban J connectivity index is 1.35. The largest absolute Gasteiger partial charge is 0.508 e. The molecule has 7 nitrogen and oxygen atoms in total. The zero-order valence-corrected chi connectivity index (χ0v) is 22.2. The van der Waals surface area contributed by atoms with Gasteiger partial charge in [0.15, 0.2) is 0 Å². The number of benzene rings is 3. The molecule has 0 unspecified atom stereocenters. The maximum atomic E-state index is 13.1. The predicted octanol–water partition coefficient (Wildman–Crippen LogP) is 5.49. The van der Waals surface area contributed by atoms with E-state index in [0.29, 0.717) is 17.9 Å². The van der Waals surface area contributed by atoms with Crippen molar-refractivity contribution in [3.8, 4) is 45.1 Å². The van der Waals surface area contributed by atoms with Crippen molar-refractivity contribution in [2.45, 2.75) is 26.7 Å². The normalized spacial score (nSPS) is 11.9. The van der Waals surface area contributed by atoms with E-state index in [-0.39, 0.29) is 11.7 Å². The molecule has 0 atom stereocenters. The summed E-state index contributed by atoms with van der Waals surface area (Å²) in [4.78, 5) is 15.4. The standard InChI is InChI=1S/C31H34N4O3/c1-4-35(5-2)16-6-15-32-31(37)26-19-25-23(18-28(26)38-3)17-27-29(33-34-30(25)27)22-9-7-20(8-10-22)21-11-13-24(36)14-12-21/h7-14,18-19,36H,4-6,15-17H2,1-3H3,(H,32,37)(H,33,34). The van der Waals surface area contributed by atoms with Crippen LogP contribution in [0.5, 0.6) is 11.5 Å². The maximum absolute atomic E-state index is 13.1. The molecule has 5 rings (SSSR count). The lowest BCUT2D eigenvalue weighted by atomic mass is 10.0. The number of H-pyrrole nitrogens is 1. The first kappa shape index (κ1) is 25.5. The first-order valence-electron chi connectivity index (χ1n) is 13.2. The molecule has 0 bridgehead atoms. The molecule has 0 saturated heterocycles. The zero-order chi connectivity index (χ0) is 26.6. The Morgan fingerprint density at radius 1 is 1.03 bits per heavy atom. The second-order valence-corrected chi connectivity index (χ2v) is 9.57. The number of aromatic hydroxyl groups is 1. The maximum Gasteiger partial charge on any atom is 0.255 e. The fraction of sp³-hybridized carbons (Fsp3) is 0.290. The highest BCUT2D eigenvalue weighted by Gasteiger charge is 2.28. The van der Waals surface area contributed by atoms with Gasteiger partial charge in [-0.05, 0) is 67.0 Å². The van der Waals surface area contributed by atoms with Crippen molar-refractivity contribution < 1.29 is 14.6 Å². The molecule has 0 fully saturated rings. The molecule has 196 valence electrons. The summed E-state index contributed by atoms with van der Waals surface area (Å²) in [6.07, 6.45) is 1.62. The van der Waals surface area contributed by atoms with Crippen molar-refractivity contribution in [2.75, 3.05) is 33.3 Å². The minimum Gasteiger partial charge on any atom is -0.508 e. The number of phenolic OH excluding ortho intramolecular Hbond substituents is 1. The van der Waals surface area contributed by atoms with Gasteiger partial charge in [0.25, 0.3) is 5.91 Å². The van der Waals surface area contributed by atoms with Gasteiger partial charge in [0.1, 0.15) is 11.5 Å². The number of carbonyl (C=O) groups excluding carboxylic acids is 1. The molecule has 38 heavy (non-hydrogen) atoms. The van der Waals surface area contributed by atoms with Gasteiger partial charge in [-0.1, -0.05) is 50.2 Å². The quantitative estimate of drug-likeness (QED) is 0.216. The molecule has 3 N–H and O–H groups in total. The second-order valence-electron chi connectivity index (χ2n) is 9.57. The van der Waals surface area contributed by atoms with Crippen LogP contribution in [0.3, 0.4) is 0 Å². The van der Waals surface area contributed by atoms with E-state index in [1.54, 1.807) is 19.2 Å². The van der Waals surface area contributed by atoms with Gasteiger partial charge < -0.3 is 20.1 Å². The van der Waals surface area contributed by atoms with Crippen LogP contribution in [0.25, 0.3) is 33.6 Å².